The highest BCUT2D eigenvalue weighted by Crippen LogP contribution is 2.34. The van der Waals surface area contributed by atoms with Crippen molar-refractivity contribution in [2.45, 2.75) is 43.4 Å². The number of aromatic nitrogens is 2. The van der Waals surface area contributed by atoms with E-state index in [0.29, 0.717) is 4.31 Å². The Labute approximate surface area is 209 Å². The van der Waals surface area contributed by atoms with E-state index < -0.39 is 52.8 Å². The predicted molar refractivity (Wildman–Crippen MR) is 121 cm³/mol. The largest absolute Gasteiger partial charge is 0.389 e. The van der Waals surface area contributed by atoms with E-state index >= 15 is 4.39 Å². The molecule has 0 aliphatic carbocycles. The first kappa shape index (κ1) is 27.6. The fourth-order valence-corrected chi connectivity index (χ4v) is 5.50. The van der Waals surface area contributed by atoms with Crippen molar-refractivity contribution >= 4 is 27.5 Å². The fourth-order valence-electron chi connectivity index (χ4n) is 3.74. The van der Waals surface area contributed by atoms with Crippen molar-refractivity contribution in [3.8, 4) is 11.4 Å². The number of carbonyl (C=O) groups excluding carboxylic acids is 1. The van der Waals surface area contributed by atoms with Crippen LogP contribution in [0, 0.1) is 11.7 Å². The Morgan fingerprint density at radius 3 is 2.36 bits per heavy atom. The lowest BCUT2D eigenvalue weighted by Gasteiger charge is -2.34. The molecule has 0 saturated heterocycles. The highest BCUT2D eigenvalue weighted by Gasteiger charge is 2.44. The summed E-state index contributed by atoms with van der Waals surface area (Å²) >= 11 is 5.83. The number of hydrogen-bond acceptors (Lipinski definition) is 6. The van der Waals surface area contributed by atoms with Crippen LogP contribution in [0.4, 0.5) is 17.6 Å². The van der Waals surface area contributed by atoms with Crippen LogP contribution in [0.1, 0.15) is 25.3 Å². The lowest BCUT2D eigenvalue weighted by molar-refractivity contribution is -0.151. The third kappa shape index (κ3) is 6.39. The van der Waals surface area contributed by atoms with Gasteiger partial charge in [0, 0.05) is 29.1 Å². The molecule has 194 valence electrons. The van der Waals surface area contributed by atoms with Crippen molar-refractivity contribution in [1.29, 1.82) is 0 Å². The average Bonchev–Trinajstić information content (AvgIpc) is 3.33. The van der Waals surface area contributed by atoms with E-state index in [1.807, 2.05) is 0 Å². The van der Waals surface area contributed by atoms with Crippen LogP contribution in [0.5, 0.6) is 0 Å². The second-order valence-corrected chi connectivity index (χ2v) is 10.2. The van der Waals surface area contributed by atoms with Gasteiger partial charge in [0.25, 0.3) is 0 Å². The van der Waals surface area contributed by atoms with Crippen LogP contribution in [0.3, 0.4) is 0 Å². The molecule has 1 aromatic heterocycles. The average molecular weight is 549 g/mol. The second-order valence-electron chi connectivity index (χ2n) is 7.90. The number of primary amides is 1. The maximum Gasteiger partial charge on any atom is 0.389 e. The molecule has 2 N–H and O–H groups in total. The zero-order chi connectivity index (χ0) is 26.7. The quantitative estimate of drug-likeness (QED) is 0.371. The van der Waals surface area contributed by atoms with Gasteiger partial charge in [-0.2, -0.15) is 22.5 Å². The van der Waals surface area contributed by atoms with E-state index in [9.17, 15) is 26.4 Å². The number of halogens is 5. The minimum absolute atomic E-state index is 0.0670. The monoisotopic (exact) mass is 548 g/mol. The van der Waals surface area contributed by atoms with Gasteiger partial charge in [0.2, 0.25) is 28.1 Å². The molecule has 1 heterocycles. The molecule has 0 saturated carbocycles. The van der Waals surface area contributed by atoms with Crippen molar-refractivity contribution in [1.82, 2.24) is 14.4 Å². The van der Waals surface area contributed by atoms with E-state index in [4.69, 9.17) is 17.3 Å². The Morgan fingerprint density at radius 1 is 1.19 bits per heavy atom. The van der Waals surface area contributed by atoms with Crippen LogP contribution in [0.25, 0.3) is 11.4 Å². The fraction of sp³-hybridized carbons (Fsp3) is 0.318. The number of carbonyl (C=O) groups is 1. The predicted octanol–water partition coefficient (Wildman–Crippen LogP) is 4.55. The topological polar surface area (TPSA) is 119 Å². The van der Waals surface area contributed by atoms with E-state index in [2.05, 4.69) is 14.7 Å². The zero-order valence-electron chi connectivity index (χ0n) is 18.7. The van der Waals surface area contributed by atoms with Gasteiger partial charge in [0.15, 0.2) is 0 Å². The van der Waals surface area contributed by atoms with Crippen molar-refractivity contribution in [3.63, 3.8) is 0 Å². The third-order valence-corrected chi connectivity index (χ3v) is 7.58. The summed E-state index contributed by atoms with van der Waals surface area (Å²) in [6.07, 6.45) is -5.37. The van der Waals surface area contributed by atoms with Crippen LogP contribution in [0.15, 0.2) is 58.3 Å². The molecule has 3 rings (SSSR count). The molecule has 0 radical (unpaired) electrons. The standard InChI is InChI=1S/C22H21ClF4N4O4S/c1-2-13(10-22(25,26)27)19(20(28)32)31(36(33,34)17-7-5-16(23)6-8-17)11-15-4-3-14(9-18(15)24)21-29-12-35-30-21/h3-9,12-13,19H,2,10-11H2,1H3,(H2,28,32)/t13?,19-/m1/s1. The van der Waals surface area contributed by atoms with Crippen molar-refractivity contribution in [3.05, 3.63) is 65.3 Å². The molecule has 0 aliphatic heterocycles. The van der Waals surface area contributed by atoms with Gasteiger partial charge in [-0.25, -0.2) is 12.8 Å². The molecular formula is C22H21ClF4N4O4S. The Balaban J connectivity index is 2.11. The Morgan fingerprint density at radius 2 is 1.86 bits per heavy atom. The number of amides is 1. The smallest absolute Gasteiger partial charge is 0.368 e. The lowest BCUT2D eigenvalue weighted by atomic mass is 9.92. The summed E-state index contributed by atoms with van der Waals surface area (Å²) in [7, 11) is -4.64. The van der Waals surface area contributed by atoms with Crippen LogP contribution in [0.2, 0.25) is 5.02 Å². The van der Waals surface area contributed by atoms with Gasteiger partial charge in [-0.05, 0) is 36.2 Å². The van der Waals surface area contributed by atoms with Gasteiger partial charge in [0.1, 0.15) is 11.9 Å². The minimum Gasteiger partial charge on any atom is -0.368 e. The summed E-state index contributed by atoms with van der Waals surface area (Å²) in [6.45, 7) is 0.602. The lowest BCUT2D eigenvalue weighted by Crippen LogP contribution is -2.52. The van der Waals surface area contributed by atoms with Crippen molar-refractivity contribution in [2.75, 3.05) is 0 Å². The Kier molecular flexibility index (Phi) is 8.37. The molecule has 0 aliphatic rings. The van der Waals surface area contributed by atoms with Gasteiger partial charge in [-0.1, -0.05) is 42.2 Å². The number of alkyl halides is 3. The molecular weight excluding hydrogens is 528 g/mol. The van der Waals surface area contributed by atoms with E-state index in [1.54, 1.807) is 0 Å². The zero-order valence-corrected chi connectivity index (χ0v) is 20.3. The van der Waals surface area contributed by atoms with Gasteiger partial charge >= 0.3 is 6.18 Å². The molecule has 2 aromatic carbocycles. The molecule has 2 atom stereocenters. The first-order valence-corrected chi connectivity index (χ1v) is 12.3. The Bertz CT molecular complexity index is 1300. The van der Waals surface area contributed by atoms with Gasteiger partial charge < -0.3 is 10.3 Å². The third-order valence-electron chi connectivity index (χ3n) is 5.49. The van der Waals surface area contributed by atoms with Crippen molar-refractivity contribution < 1.29 is 35.3 Å². The molecule has 0 fully saturated rings. The SMILES string of the molecule is CCC(CC(F)(F)F)[C@H](C(N)=O)N(Cc1ccc(-c2ncon2)cc1F)S(=O)(=O)c1ccc(Cl)cc1. The van der Waals surface area contributed by atoms with Crippen LogP contribution < -0.4 is 5.73 Å². The maximum atomic E-state index is 15.0. The van der Waals surface area contributed by atoms with Gasteiger partial charge in [-0.3, -0.25) is 4.79 Å². The van der Waals surface area contributed by atoms with E-state index in [1.165, 1.54) is 31.2 Å². The normalized spacial score (nSPS) is 14.1. The van der Waals surface area contributed by atoms with Crippen LogP contribution in [-0.2, 0) is 21.4 Å². The minimum atomic E-state index is -4.71. The molecule has 1 unspecified atom stereocenters. The second kappa shape index (κ2) is 10.9. The van der Waals surface area contributed by atoms with E-state index in [-0.39, 0.29) is 33.3 Å². The summed E-state index contributed by atoms with van der Waals surface area (Å²) in [6, 6.07) is 6.47. The highest BCUT2D eigenvalue weighted by atomic mass is 35.5. The number of hydrogen-bond donors (Lipinski definition) is 1. The number of rotatable bonds is 10. The molecule has 0 bridgehead atoms. The van der Waals surface area contributed by atoms with Crippen LogP contribution >= 0.6 is 11.6 Å². The molecule has 3 aromatic rings. The number of nitrogens with zero attached hydrogens (tertiary/aromatic N) is 3. The van der Waals surface area contributed by atoms with Crippen molar-refractivity contribution in [2.24, 2.45) is 11.7 Å². The molecule has 0 spiro atoms. The summed E-state index contributed by atoms with van der Waals surface area (Å²) in [4.78, 5) is 15.9. The van der Waals surface area contributed by atoms with Crippen LogP contribution in [-0.4, -0.2) is 41.0 Å². The number of nitrogens with two attached hydrogens (primary N) is 1. The first-order valence-electron chi connectivity index (χ1n) is 10.5. The molecule has 1 amide bonds. The summed E-state index contributed by atoms with van der Waals surface area (Å²) in [5, 5.41) is 3.79. The summed E-state index contributed by atoms with van der Waals surface area (Å²) < 4.78 is 87.2. The molecule has 36 heavy (non-hydrogen) atoms. The summed E-state index contributed by atoms with van der Waals surface area (Å²) in [5.74, 6) is -3.66. The van der Waals surface area contributed by atoms with Gasteiger partial charge in [-0.15, -0.1) is 0 Å². The van der Waals surface area contributed by atoms with Gasteiger partial charge in [0.05, 0.1) is 4.90 Å². The first-order chi connectivity index (χ1) is 16.8. The molecule has 8 nitrogen and oxygen atoms in total. The molecule has 14 heteroatoms. The Hall–Kier alpha value is -3.03. The number of benzene rings is 2. The highest BCUT2D eigenvalue weighted by molar-refractivity contribution is 7.89. The van der Waals surface area contributed by atoms with E-state index in [0.717, 1.165) is 24.6 Å². The summed E-state index contributed by atoms with van der Waals surface area (Å²) in [5.41, 5.74) is 5.46. The maximum absolute atomic E-state index is 15.0. The number of sulfonamides is 1.